The average molecular weight is 196 g/mol. The minimum Gasteiger partial charge on any atom is -0.237 e. The number of para-hydroxylation sites is 1. The Kier molecular flexibility index (Phi) is 1.71. The van der Waals surface area contributed by atoms with Crippen molar-refractivity contribution in [1.82, 2.24) is 20.0 Å². The van der Waals surface area contributed by atoms with Crippen LogP contribution in [0.1, 0.15) is 0 Å². The molecule has 0 aliphatic heterocycles. The molecule has 0 fully saturated rings. The first-order valence-electron chi connectivity index (χ1n) is 4.67. The molecular formula is C11H8N4. The van der Waals surface area contributed by atoms with Gasteiger partial charge in [0, 0.05) is 6.20 Å². The van der Waals surface area contributed by atoms with Gasteiger partial charge in [-0.1, -0.05) is 23.4 Å². The molecule has 0 N–H and O–H groups in total. The lowest BCUT2D eigenvalue weighted by Gasteiger charge is -1.98. The second kappa shape index (κ2) is 3.16. The van der Waals surface area contributed by atoms with E-state index in [9.17, 15) is 0 Å². The van der Waals surface area contributed by atoms with Crippen LogP contribution in [0.2, 0.25) is 0 Å². The predicted molar refractivity (Wildman–Crippen MR) is 56.7 cm³/mol. The second-order valence-corrected chi connectivity index (χ2v) is 3.18. The van der Waals surface area contributed by atoms with Crippen molar-refractivity contribution in [1.29, 1.82) is 0 Å². The van der Waals surface area contributed by atoms with Crippen LogP contribution in [0.5, 0.6) is 0 Å². The molecule has 2 aromatic heterocycles. The van der Waals surface area contributed by atoms with Gasteiger partial charge in [0.1, 0.15) is 5.52 Å². The van der Waals surface area contributed by atoms with Gasteiger partial charge in [-0.2, -0.15) is 4.68 Å². The normalized spacial score (nSPS) is 10.7. The molecule has 0 unspecified atom stereocenters. The summed E-state index contributed by atoms with van der Waals surface area (Å²) >= 11 is 0. The van der Waals surface area contributed by atoms with Crippen LogP contribution in [0.15, 0.2) is 48.7 Å². The zero-order valence-corrected chi connectivity index (χ0v) is 7.91. The number of rotatable bonds is 1. The Bertz CT molecular complexity index is 586. The molecule has 0 atom stereocenters. The Morgan fingerprint density at radius 2 is 1.80 bits per heavy atom. The van der Waals surface area contributed by atoms with Crippen LogP contribution in [-0.4, -0.2) is 20.0 Å². The topological polar surface area (TPSA) is 43.6 Å². The second-order valence-electron chi connectivity index (χ2n) is 3.18. The van der Waals surface area contributed by atoms with Gasteiger partial charge in [0.15, 0.2) is 5.82 Å². The molecule has 0 radical (unpaired) electrons. The molecule has 2 heterocycles. The van der Waals surface area contributed by atoms with Crippen LogP contribution in [0.25, 0.3) is 16.9 Å². The van der Waals surface area contributed by atoms with Crippen molar-refractivity contribution < 1.29 is 0 Å². The Hall–Kier alpha value is -2.23. The van der Waals surface area contributed by atoms with E-state index in [1.807, 2.05) is 42.5 Å². The molecule has 3 aromatic rings. The minimum atomic E-state index is 0.784. The highest BCUT2D eigenvalue weighted by molar-refractivity contribution is 5.75. The van der Waals surface area contributed by atoms with Gasteiger partial charge in [0.2, 0.25) is 0 Å². The molecule has 0 bridgehead atoms. The summed E-state index contributed by atoms with van der Waals surface area (Å²) in [4.78, 5) is 4.23. The van der Waals surface area contributed by atoms with Gasteiger partial charge in [-0.15, -0.1) is 5.10 Å². The number of nitrogens with zero attached hydrogens (tertiary/aromatic N) is 4. The van der Waals surface area contributed by atoms with E-state index in [2.05, 4.69) is 15.3 Å². The molecule has 0 spiro atoms. The van der Waals surface area contributed by atoms with Crippen molar-refractivity contribution in [2.75, 3.05) is 0 Å². The molecule has 0 saturated carbocycles. The van der Waals surface area contributed by atoms with Crippen LogP contribution >= 0.6 is 0 Å². The van der Waals surface area contributed by atoms with Crippen LogP contribution in [0, 0.1) is 0 Å². The van der Waals surface area contributed by atoms with E-state index in [1.54, 1.807) is 10.9 Å². The lowest BCUT2D eigenvalue weighted by molar-refractivity contribution is 0.801. The highest BCUT2D eigenvalue weighted by Gasteiger charge is 2.04. The van der Waals surface area contributed by atoms with Gasteiger partial charge in [-0.25, -0.2) is 4.98 Å². The van der Waals surface area contributed by atoms with E-state index in [1.165, 1.54) is 0 Å². The summed E-state index contributed by atoms with van der Waals surface area (Å²) in [6.07, 6.45) is 1.74. The van der Waals surface area contributed by atoms with Gasteiger partial charge in [-0.3, -0.25) is 0 Å². The zero-order valence-electron chi connectivity index (χ0n) is 7.91. The monoisotopic (exact) mass is 196 g/mol. The van der Waals surface area contributed by atoms with Crippen LogP contribution in [0.3, 0.4) is 0 Å². The summed E-state index contributed by atoms with van der Waals surface area (Å²) in [7, 11) is 0. The largest absolute Gasteiger partial charge is 0.237 e. The smallest absolute Gasteiger partial charge is 0.155 e. The Morgan fingerprint density at radius 1 is 0.933 bits per heavy atom. The molecule has 0 aliphatic rings. The number of hydrogen-bond acceptors (Lipinski definition) is 3. The molecule has 1 aromatic carbocycles. The summed E-state index contributed by atoms with van der Waals surface area (Å²) in [6.45, 7) is 0. The number of aromatic nitrogens is 4. The Balaban J connectivity index is 2.28. The van der Waals surface area contributed by atoms with E-state index in [-0.39, 0.29) is 0 Å². The number of hydrogen-bond donors (Lipinski definition) is 0. The zero-order chi connectivity index (χ0) is 10.1. The van der Waals surface area contributed by atoms with Crippen LogP contribution < -0.4 is 0 Å². The maximum Gasteiger partial charge on any atom is 0.155 e. The lowest BCUT2D eigenvalue weighted by atomic mass is 10.3. The molecule has 0 aliphatic carbocycles. The SMILES string of the molecule is c1ccc(-n2nnc3ccccc32)nc1. The minimum absolute atomic E-state index is 0.784. The molecule has 72 valence electrons. The van der Waals surface area contributed by atoms with Crippen molar-refractivity contribution in [3.8, 4) is 5.82 Å². The Labute approximate surface area is 86.2 Å². The van der Waals surface area contributed by atoms with Gasteiger partial charge in [-0.05, 0) is 24.3 Å². The number of benzene rings is 1. The van der Waals surface area contributed by atoms with Gasteiger partial charge in [0.05, 0.1) is 5.52 Å². The fourth-order valence-electron chi connectivity index (χ4n) is 1.52. The molecular weight excluding hydrogens is 188 g/mol. The van der Waals surface area contributed by atoms with E-state index in [0.717, 1.165) is 16.9 Å². The van der Waals surface area contributed by atoms with Crippen molar-refractivity contribution in [3.63, 3.8) is 0 Å². The average Bonchev–Trinajstić information content (AvgIpc) is 2.74. The molecule has 15 heavy (non-hydrogen) atoms. The molecule has 0 saturated heterocycles. The van der Waals surface area contributed by atoms with Crippen LogP contribution in [0.4, 0.5) is 0 Å². The maximum atomic E-state index is 4.23. The molecule has 3 rings (SSSR count). The highest BCUT2D eigenvalue weighted by Crippen LogP contribution is 2.13. The van der Waals surface area contributed by atoms with Crippen molar-refractivity contribution in [3.05, 3.63) is 48.7 Å². The van der Waals surface area contributed by atoms with E-state index in [4.69, 9.17) is 0 Å². The summed E-state index contributed by atoms with van der Waals surface area (Å²) in [5.41, 5.74) is 1.85. The first-order chi connectivity index (χ1) is 7.45. The molecule has 4 heteroatoms. The fraction of sp³-hybridized carbons (Fsp3) is 0. The lowest BCUT2D eigenvalue weighted by Crippen LogP contribution is -1.98. The van der Waals surface area contributed by atoms with Crippen molar-refractivity contribution in [2.45, 2.75) is 0 Å². The van der Waals surface area contributed by atoms with E-state index >= 15 is 0 Å². The van der Waals surface area contributed by atoms with Gasteiger partial charge < -0.3 is 0 Å². The highest BCUT2D eigenvalue weighted by atomic mass is 15.4. The van der Waals surface area contributed by atoms with Crippen molar-refractivity contribution >= 4 is 11.0 Å². The summed E-state index contributed by atoms with van der Waals surface area (Å²) in [5, 5.41) is 8.14. The number of fused-ring (bicyclic) bond motifs is 1. The first kappa shape index (κ1) is 8.11. The van der Waals surface area contributed by atoms with Crippen molar-refractivity contribution in [2.24, 2.45) is 0 Å². The summed E-state index contributed by atoms with van der Waals surface area (Å²) in [5.74, 6) is 0.784. The third-order valence-electron chi connectivity index (χ3n) is 2.22. The summed E-state index contributed by atoms with van der Waals surface area (Å²) in [6, 6.07) is 13.5. The standard InChI is InChI=1S/C11H8N4/c1-2-6-10-9(5-1)13-14-15(10)11-7-3-4-8-12-11/h1-8H. The van der Waals surface area contributed by atoms with Gasteiger partial charge in [0.25, 0.3) is 0 Å². The number of pyridine rings is 1. The maximum absolute atomic E-state index is 4.23. The van der Waals surface area contributed by atoms with Gasteiger partial charge >= 0.3 is 0 Å². The third kappa shape index (κ3) is 1.27. The summed E-state index contributed by atoms with van der Waals surface area (Å²) < 4.78 is 1.73. The molecule has 0 amide bonds. The van der Waals surface area contributed by atoms with Crippen LogP contribution in [-0.2, 0) is 0 Å². The third-order valence-corrected chi connectivity index (χ3v) is 2.22. The predicted octanol–water partition coefficient (Wildman–Crippen LogP) is 1.82. The molecule has 4 nitrogen and oxygen atoms in total. The first-order valence-corrected chi connectivity index (χ1v) is 4.67. The van der Waals surface area contributed by atoms with E-state index in [0.29, 0.717) is 0 Å². The Morgan fingerprint density at radius 3 is 2.67 bits per heavy atom. The van der Waals surface area contributed by atoms with E-state index < -0.39 is 0 Å². The fourth-order valence-corrected chi connectivity index (χ4v) is 1.52. The quantitative estimate of drug-likeness (QED) is 0.596.